The van der Waals surface area contributed by atoms with Crippen LogP contribution in [-0.4, -0.2) is 6.47 Å². The molecule has 1 aromatic carbocycles. The van der Waals surface area contributed by atoms with Gasteiger partial charge in [0.05, 0.1) is 0 Å². The van der Waals surface area contributed by atoms with Crippen LogP contribution < -0.4 is 0 Å². The number of hydrogen-bond acceptors (Lipinski definition) is 3. The zero-order valence-corrected chi connectivity index (χ0v) is 8.78. The van der Waals surface area contributed by atoms with Crippen LogP contribution in [0.1, 0.15) is 5.76 Å². The van der Waals surface area contributed by atoms with Crippen molar-refractivity contribution in [2.24, 2.45) is 0 Å². The molecule has 1 heterocycles. The molecule has 2 aromatic rings. The van der Waals surface area contributed by atoms with Crippen molar-refractivity contribution in [3.63, 3.8) is 0 Å². The summed E-state index contributed by atoms with van der Waals surface area (Å²) in [5.74, 6) is 0.644. The maximum absolute atomic E-state index is 9.98. The van der Waals surface area contributed by atoms with Crippen LogP contribution in [0.5, 0.6) is 0 Å². The molecule has 0 atom stereocenters. The van der Waals surface area contributed by atoms with Crippen molar-refractivity contribution in [1.29, 1.82) is 0 Å². The van der Waals surface area contributed by atoms with E-state index in [1.54, 1.807) is 0 Å². The summed E-state index contributed by atoms with van der Waals surface area (Å²) >= 11 is 3.37. The average molecular weight is 255 g/mol. The molecule has 0 unspecified atom stereocenters. The summed E-state index contributed by atoms with van der Waals surface area (Å²) in [5, 5.41) is 0.990. The highest BCUT2D eigenvalue weighted by Crippen LogP contribution is 2.23. The predicted molar refractivity (Wildman–Crippen MR) is 54.8 cm³/mol. The topological polar surface area (TPSA) is 39.4 Å². The van der Waals surface area contributed by atoms with Crippen LogP contribution >= 0.6 is 15.9 Å². The maximum Gasteiger partial charge on any atom is 0.293 e. The standard InChI is InChI=1S/C10H7BrO3/c11-8-1-2-10-7(3-8)4-9(14-10)5-13-6-12/h1-4,6H,5H2. The Balaban J connectivity index is 2.36. The molecule has 1 aromatic heterocycles. The van der Waals surface area contributed by atoms with Gasteiger partial charge < -0.3 is 9.15 Å². The highest BCUT2D eigenvalue weighted by molar-refractivity contribution is 9.10. The van der Waals surface area contributed by atoms with E-state index in [9.17, 15) is 4.79 Å². The van der Waals surface area contributed by atoms with Crippen molar-refractivity contribution >= 4 is 33.4 Å². The summed E-state index contributed by atoms with van der Waals surface area (Å²) in [5.41, 5.74) is 0.790. The highest BCUT2D eigenvalue weighted by Gasteiger charge is 2.03. The molecule has 3 nitrogen and oxygen atoms in total. The number of hydrogen-bond donors (Lipinski definition) is 0. The van der Waals surface area contributed by atoms with Gasteiger partial charge in [0.25, 0.3) is 6.47 Å². The first-order valence-corrected chi connectivity index (χ1v) is 4.82. The fourth-order valence-corrected chi connectivity index (χ4v) is 1.64. The van der Waals surface area contributed by atoms with Crippen molar-refractivity contribution in [2.75, 3.05) is 0 Å². The third-order valence-corrected chi connectivity index (χ3v) is 2.32. The fraction of sp³-hybridized carbons (Fsp3) is 0.100. The first-order valence-electron chi connectivity index (χ1n) is 4.03. The van der Waals surface area contributed by atoms with Crippen molar-refractivity contribution < 1.29 is 13.9 Å². The normalized spacial score (nSPS) is 10.4. The van der Waals surface area contributed by atoms with E-state index in [0.29, 0.717) is 12.2 Å². The molecule has 4 heteroatoms. The van der Waals surface area contributed by atoms with Crippen LogP contribution in [0.25, 0.3) is 11.0 Å². The summed E-state index contributed by atoms with van der Waals surface area (Å²) in [6.45, 7) is 0.582. The van der Waals surface area contributed by atoms with Gasteiger partial charge in [-0.25, -0.2) is 0 Å². The average Bonchev–Trinajstić information content (AvgIpc) is 2.56. The minimum Gasteiger partial charge on any atom is -0.460 e. The second kappa shape index (κ2) is 3.84. The fourth-order valence-electron chi connectivity index (χ4n) is 1.26. The Kier molecular flexibility index (Phi) is 2.54. The van der Waals surface area contributed by atoms with Gasteiger partial charge >= 0.3 is 0 Å². The van der Waals surface area contributed by atoms with Crippen LogP contribution in [0.2, 0.25) is 0 Å². The van der Waals surface area contributed by atoms with E-state index in [-0.39, 0.29) is 6.61 Å². The number of fused-ring (bicyclic) bond motifs is 1. The molecule has 0 saturated heterocycles. The van der Waals surface area contributed by atoms with Gasteiger partial charge in [-0.2, -0.15) is 0 Å². The van der Waals surface area contributed by atoms with E-state index in [1.165, 1.54) is 0 Å². The summed E-state index contributed by atoms with van der Waals surface area (Å²) in [4.78, 5) is 9.98. The number of carbonyl (C=O) groups excluding carboxylic acids is 1. The van der Waals surface area contributed by atoms with Gasteiger partial charge in [-0.1, -0.05) is 15.9 Å². The Morgan fingerprint density at radius 3 is 3.07 bits per heavy atom. The van der Waals surface area contributed by atoms with E-state index in [4.69, 9.17) is 4.42 Å². The SMILES string of the molecule is O=COCc1cc2cc(Br)ccc2o1. The van der Waals surface area contributed by atoms with E-state index in [1.807, 2.05) is 24.3 Å². The first-order chi connectivity index (χ1) is 6.79. The Bertz CT molecular complexity index is 461. The molecule has 14 heavy (non-hydrogen) atoms. The molecule has 0 spiro atoms. The van der Waals surface area contributed by atoms with Crippen LogP contribution in [0.3, 0.4) is 0 Å². The van der Waals surface area contributed by atoms with Crippen LogP contribution in [0, 0.1) is 0 Å². The van der Waals surface area contributed by atoms with E-state index in [0.717, 1.165) is 15.4 Å². The third-order valence-electron chi connectivity index (χ3n) is 1.82. The number of halogens is 1. The lowest BCUT2D eigenvalue weighted by atomic mass is 10.2. The zero-order chi connectivity index (χ0) is 9.97. The molecule has 0 fully saturated rings. The van der Waals surface area contributed by atoms with Gasteiger partial charge in [-0.3, -0.25) is 4.79 Å². The molecule has 0 aliphatic carbocycles. The maximum atomic E-state index is 9.98. The van der Waals surface area contributed by atoms with Crippen LogP contribution in [0.4, 0.5) is 0 Å². The van der Waals surface area contributed by atoms with Crippen LogP contribution in [0.15, 0.2) is 33.2 Å². The second-order valence-electron chi connectivity index (χ2n) is 2.80. The van der Waals surface area contributed by atoms with Gasteiger partial charge in [-0.15, -0.1) is 0 Å². The lowest BCUT2D eigenvalue weighted by Gasteiger charge is -1.91. The number of carbonyl (C=O) groups is 1. The summed E-state index contributed by atoms with van der Waals surface area (Å²) in [6, 6.07) is 7.56. The van der Waals surface area contributed by atoms with Gasteiger partial charge in [0.15, 0.2) is 0 Å². The number of rotatable bonds is 3. The summed E-state index contributed by atoms with van der Waals surface area (Å²) in [6.07, 6.45) is 0. The number of furan rings is 1. The quantitative estimate of drug-likeness (QED) is 0.791. The predicted octanol–water partition coefficient (Wildman–Crippen LogP) is 2.87. The largest absolute Gasteiger partial charge is 0.460 e. The van der Waals surface area contributed by atoms with Gasteiger partial charge in [0.1, 0.15) is 18.0 Å². The van der Waals surface area contributed by atoms with Crippen LogP contribution in [-0.2, 0) is 16.1 Å². The molecular formula is C10H7BrO3. The molecule has 0 N–H and O–H groups in total. The lowest BCUT2D eigenvalue weighted by Crippen LogP contribution is -1.85. The number of ether oxygens (including phenoxy) is 1. The molecule has 0 amide bonds. The Morgan fingerprint density at radius 1 is 1.43 bits per heavy atom. The third kappa shape index (κ3) is 1.80. The highest BCUT2D eigenvalue weighted by atomic mass is 79.9. The van der Waals surface area contributed by atoms with E-state index < -0.39 is 0 Å². The Labute approximate surface area is 88.8 Å². The second-order valence-corrected chi connectivity index (χ2v) is 3.72. The number of benzene rings is 1. The van der Waals surface area contributed by atoms with Crippen molar-refractivity contribution in [3.05, 3.63) is 34.5 Å². The van der Waals surface area contributed by atoms with E-state index >= 15 is 0 Å². The van der Waals surface area contributed by atoms with Crippen molar-refractivity contribution in [2.45, 2.75) is 6.61 Å². The van der Waals surface area contributed by atoms with E-state index in [2.05, 4.69) is 20.7 Å². The van der Waals surface area contributed by atoms with Crippen molar-refractivity contribution in [1.82, 2.24) is 0 Å². The first kappa shape index (κ1) is 9.27. The summed E-state index contributed by atoms with van der Waals surface area (Å²) in [7, 11) is 0. The molecule has 0 bridgehead atoms. The molecule has 0 radical (unpaired) electrons. The molecular weight excluding hydrogens is 248 g/mol. The Morgan fingerprint density at radius 2 is 2.29 bits per heavy atom. The van der Waals surface area contributed by atoms with Crippen molar-refractivity contribution in [3.8, 4) is 0 Å². The summed E-state index contributed by atoms with van der Waals surface area (Å²) < 4.78 is 11.0. The minimum atomic E-state index is 0.176. The van der Waals surface area contributed by atoms with Gasteiger partial charge in [-0.05, 0) is 24.3 Å². The molecule has 0 aliphatic heterocycles. The molecule has 2 rings (SSSR count). The van der Waals surface area contributed by atoms with Gasteiger partial charge in [0.2, 0.25) is 0 Å². The Hall–Kier alpha value is -1.29. The minimum absolute atomic E-state index is 0.176. The van der Waals surface area contributed by atoms with Gasteiger partial charge in [0, 0.05) is 9.86 Å². The molecule has 0 aliphatic rings. The molecule has 72 valence electrons. The zero-order valence-electron chi connectivity index (χ0n) is 7.20. The molecule has 0 saturated carbocycles. The monoisotopic (exact) mass is 254 g/mol. The smallest absolute Gasteiger partial charge is 0.293 e. The lowest BCUT2D eigenvalue weighted by molar-refractivity contribution is -0.130.